The van der Waals surface area contributed by atoms with Crippen molar-refractivity contribution in [2.24, 2.45) is 0 Å². The van der Waals surface area contributed by atoms with Crippen LogP contribution in [0.4, 0.5) is 0 Å². The van der Waals surface area contributed by atoms with Crippen LogP contribution in [-0.2, 0) is 11.2 Å². The number of aryl methyl sites for hydroxylation is 1. The van der Waals surface area contributed by atoms with Gasteiger partial charge in [-0.3, -0.25) is 4.79 Å². The first kappa shape index (κ1) is 15.5. The van der Waals surface area contributed by atoms with Crippen LogP contribution in [0.3, 0.4) is 0 Å². The van der Waals surface area contributed by atoms with Crippen molar-refractivity contribution < 1.29 is 9.90 Å². The Balaban J connectivity index is 1.74. The number of carbonyl (C=O) groups excluding carboxylic acids is 1. The second kappa shape index (κ2) is 7.81. The van der Waals surface area contributed by atoms with Crippen LogP contribution in [0.25, 0.3) is 0 Å². The van der Waals surface area contributed by atoms with Crippen LogP contribution >= 0.6 is 11.6 Å². The zero-order valence-corrected chi connectivity index (χ0v) is 12.4. The Morgan fingerprint density at radius 3 is 2.43 bits per heavy atom. The van der Waals surface area contributed by atoms with E-state index in [1.165, 1.54) is 0 Å². The Labute approximate surface area is 129 Å². The third-order valence-corrected chi connectivity index (χ3v) is 3.48. The molecule has 21 heavy (non-hydrogen) atoms. The highest BCUT2D eigenvalue weighted by atomic mass is 35.5. The maximum atomic E-state index is 11.8. The van der Waals surface area contributed by atoms with Gasteiger partial charge in [-0.1, -0.05) is 54.1 Å². The van der Waals surface area contributed by atoms with Crippen LogP contribution in [0.5, 0.6) is 0 Å². The van der Waals surface area contributed by atoms with Crippen molar-refractivity contribution >= 4 is 17.5 Å². The third-order valence-electron chi connectivity index (χ3n) is 3.23. The third kappa shape index (κ3) is 5.21. The zero-order chi connectivity index (χ0) is 15.1. The minimum absolute atomic E-state index is 0.0631. The van der Waals surface area contributed by atoms with E-state index < -0.39 is 6.10 Å². The molecule has 0 saturated carbocycles. The van der Waals surface area contributed by atoms with Crippen LogP contribution < -0.4 is 5.32 Å². The summed E-state index contributed by atoms with van der Waals surface area (Å²) in [5, 5.41) is 13.4. The molecule has 0 spiro atoms. The summed E-state index contributed by atoms with van der Waals surface area (Å²) in [5.74, 6) is -0.0631. The van der Waals surface area contributed by atoms with E-state index in [0.29, 0.717) is 17.9 Å². The Kier molecular flexibility index (Phi) is 5.78. The molecule has 0 aliphatic rings. The first-order valence-electron chi connectivity index (χ1n) is 6.89. The van der Waals surface area contributed by atoms with Crippen molar-refractivity contribution in [3.8, 4) is 0 Å². The van der Waals surface area contributed by atoms with Crippen LogP contribution in [0.2, 0.25) is 5.02 Å². The number of hydrogen-bond acceptors (Lipinski definition) is 2. The number of hydrogen-bond donors (Lipinski definition) is 2. The molecular formula is C17H18ClNO2. The molecular weight excluding hydrogens is 286 g/mol. The first-order chi connectivity index (χ1) is 10.1. The number of benzene rings is 2. The first-order valence-corrected chi connectivity index (χ1v) is 7.27. The summed E-state index contributed by atoms with van der Waals surface area (Å²) in [5.41, 5.74) is 1.87. The molecule has 0 aromatic heterocycles. The number of rotatable bonds is 6. The average molecular weight is 304 g/mol. The molecule has 2 aromatic rings. The fourth-order valence-corrected chi connectivity index (χ4v) is 2.13. The van der Waals surface area contributed by atoms with Gasteiger partial charge in [0, 0.05) is 18.0 Å². The summed E-state index contributed by atoms with van der Waals surface area (Å²) in [6.07, 6.45) is 0.393. The van der Waals surface area contributed by atoms with Crippen LogP contribution in [0.15, 0.2) is 54.6 Å². The number of halogens is 1. The SMILES string of the molecule is O=C(CCc1ccccc1)NCC(O)c1ccc(Cl)cc1. The standard InChI is InChI=1S/C17H18ClNO2/c18-15-9-7-14(8-10-15)16(20)12-19-17(21)11-6-13-4-2-1-3-5-13/h1-5,7-10,16,20H,6,11-12H2,(H,19,21). The summed E-state index contributed by atoms with van der Waals surface area (Å²) in [4.78, 5) is 11.8. The number of nitrogens with one attached hydrogen (secondary N) is 1. The Hall–Kier alpha value is -1.84. The van der Waals surface area contributed by atoms with E-state index in [2.05, 4.69) is 5.32 Å². The van der Waals surface area contributed by atoms with E-state index in [9.17, 15) is 9.90 Å². The van der Waals surface area contributed by atoms with Gasteiger partial charge in [0.05, 0.1) is 6.10 Å². The quantitative estimate of drug-likeness (QED) is 0.861. The second-order valence-corrected chi connectivity index (χ2v) is 5.29. The molecule has 2 rings (SSSR count). The molecule has 2 aromatic carbocycles. The molecule has 0 heterocycles. The molecule has 1 unspecified atom stereocenters. The van der Waals surface area contributed by atoms with Gasteiger partial charge in [-0.25, -0.2) is 0 Å². The van der Waals surface area contributed by atoms with Gasteiger partial charge < -0.3 is 10.4 Å². The Bertz CT molecular complexity index is 569. The monoisotopic (exact) mass is 303 g/mol. The van der Waals surface area contributed by atoms with E-state index in [0.717, 1.165) is 11.1 Å². The van der Waals surface area contributed by atoms with E-state index in [1.54, 1.807) is 24.3 Å². The lowest BCUT2D eigenvalue weighted by molar-refractivity contribution is -0.121. The summed E-state index contributed by atoms with van der Waals surface area (Å²) in [7, 11) is 0. The number of carbonyl (C=O) groups is 1. The van der Waals surface area contributed by atoms with Gasteiger partial charge in [0.25, 0.3) is 0 Å². The summed E-state index contributed by atoms with van der Waals surface area (Å²) < 4.78 is 0. The minimum Gasteiger partial charge on any atom is -0.387 e. The van der Waals surface area contributed by atoms with Gasteiger partial charge in [-0.15, -0.1) is 0 Å². The zero-order valence-electron chi connectivity index (χ0n) is 11.6. The van der Waals surface area contributed by atoms with E-state index >= 15 is 0 Å². The van der Waals surface area contributed by atoms with Gasteiger partial charge in [0.2, 0.25) is 5.91 Å². The highest BCUT2D eigenvalue weighted by molar-refractivity contribution is 6.30. The van der Waals surface area contributed by atoms with Gasteiger partial charge >= 0.3 is 0 Å². The lowest BCUT2D eigenvalue weighted by Gasteiger charge is -2.12. The van der Waals surface area contributed by atoms with E-state index in [-0.39, 0.29) is 12.5 Å². The lowest BCUT2D eigenvalue weighted by Crippen LogP contribution is -2.28. The average Bonchev–Trinajstić information content (AvgIpc) is 2.52. The number of amides is 1. The Morgan fingerprint density at radius 1 is 1.10 bits per heavy atom. The minimum atomic E-state index is -0.719. The number of aliphatic hydroxyl groups is 1. The van der Waals surface area contributed by atoms with Crippen LogP contribution in [0, 0.1) is 0 Å². The molecule has 0 aliphatic heterocycles. The van der Waals surface area contributed by atoms with Crippen molar-refractivity contribution in [1.29, 1.82) is 0 Å². The molecule has 0 saturated heterocycles. The molecule has 1 atom stereocenters. The Morgan fingerprint density at radius 2 is 1.76 bits per heavy atom. The second-order valence-electron chi connectivity index (χ2n) is 4.86. The normalized spacial score (nSPS) is 11.9. The highest BCUT2D eigenvalue weighted by Gasteiger charge is 2.09. The molecule has 3 nitrogen and oxygen atoms in total. The lowest BCUT2D eigenvalue weighted by atomic mass is 10.1. The van der Waals surface area contributed by atoms with Gasteiger partial charge in [0.15, 0.2) is 0 Å². The molecule has 1 amide bonds. The predicted octanol–water partition coefficient (Wildman–Crippen LogP) is 3.12. The van der Waals surface area contributed by atoms with Crippen LogP contribution in [0.1, 0.15) is 23.7 Å². The predicted molar refractivity (Wildman–Crippen MR) is 84.2 cm³/mol. The van der Waals surface area contributed by atoms with Gasteiger partial charge in [0.1, 0.15) is 0 Å². The van der Waals surface area contributed by atoms with E-state index in [4.69, 9.17) is 11.6 Å². The maximum absolute atomic E-state index is 11.8. The molecule has 0 radical (unpaired) electrons. The molecule has 110 valence electrons. The van der Waals surface area contributed by atoms with Crippen LogP contribution in [-0.4, -0.2) is 17.6 Å². The molecule has 0 fully saturated rings. The maximum Gasteiger partial charge on any atom is 0.220 e. The largest absolute Gasteiger partial charge is 0.387 e. The molecule has 0 bridgehead atoms. The fraction of sp³-hybridized carbons (Fsp3) is 0.235. The van der Waals surface area contributed by atoms with Crippen molar-refractivity contribution in [2.75, 3.05) is 6.54 Å². The topological polar surface area (TPSA) is 49.3 Å². The van der Waals surface area contributed by atoms with Crippen molar-refractivity contribution in [1.82, 2.24) is 5.32 Å². The molecule has 0 aliphatic carbocycles. The van der Waals surface area contributed by atoms with Crippen molar-refractivity contribution in [3.63, 3.8) is 0 Å². The highest BCUT2D eigenvalue weighted by Crippen LogP contribution is 2.15. The van der Waals surface area contributed by atoms with Crippen molar-refractivity contribution in [2.45, 2.75) is 18.9 Å². The van der Waals surface area contributed by atoms with Gasteiger partial charge in [-0.2, -0.15) is 0 Å². The van der Waals surface area contributed by atoms with Crippen molar-refractivity contribution in [3.05, 3.63) is 70.7 Å². The summed E-state index contributed by atoms with van der Waals surface area (Å²) >= 11 is 5.79. The summed E-state index contributed by atoms with van der Waals surface area (Å²) in [6.45, 7) is 0.204. The number of aliphatic hydroxyl groups excluding tert-OH is 1. The van der Waals surface area contributed by atoms with E-state index in [1.807, 2.05) is 30.3 Å². The molecule has 2 N–H and O–H groups in total. The fourth-order valence-electron chi connectivity index (χ4n) is 2.00. The molecule has 4 heteroatoms. The summed E-state index contributed by atoms with van der Waals surface area (Å²) in [6, 6.07) is 16.8. The van der Waals surface area contributed by atoms with Gasteiger partial charge in [-0.05, 0) is 29.7 Å². The smallest absolute Gasteiger partial charge is 0.220 e.